The van der Waals surface area contributed by atoms with Gasteiger partial charge in [0.1, 0.15) is 0 Å². The summed E-state index contributed by atoms with van der Waals surface area (Å²) in [6.45, 7) is 6.84. The number of ether oxygens (including phenoxy) is 3. The average molecular weight is 190 g/mol. The van der Waals surface area contributed by atoms with Gasteiger partial charge in [0.05, 0.1) is 0 Å². The van der Waals surface area contributed by atoms with E-state index >= 15 is 0 Å². The molecule has 0 fully saturated rings. The number of aliphatic hydroxyl groups is 1. The Kier molecular flexibility index (Phi) is 4.06. The van der Waals surface area contributed by atoms with Gasteiger partial charge in [-0.05, 0) is 19.4 Å². The van der Waals surface area contributed by atoms with Crippen molar-refractivity contribution in [3.05, 3.63) is 12.2 Å². The van der Waals surface area contributed by atoms with E-state index in [-0.39, 0.29) is 0 Å². The van der Waals surface area contributed by atoms with Crippen molar-refractivity contribution in [1.82, 2.24) is 0 Å². The monoisotopic (exact) mass is 190 g/mol. The Hall–Kier alpha value is -0.420. The predicted octanol–water partition coefficient (Wildman–Crippen LogP) is 0.906. The molecule has 0 saturated carbocycles. The van der Waals surface area contributed by atoms with Crippen molar-refractivity contribution in [2.75, 3.05) is 21.3 Å². The maximum atomic E-state index is 10.0. The van der Waals surface area contributed by atoms with Crippen LogP contribution in [-0.2, 0) is 14.2 Å². The van der Waals surface area contributed by atoms with Gasteiger partial charge in [0.2, 0.25) is 0 Å². The average Bonchev–Trinajstić information content (AvgIpc) is 2.08. The van der Waals surface area contributed by atoms with E-state index in [0.29, 0.717) is 5.57 Å². The van der Waals surface area contributed by atoms with Gasteiger partial charge < -0.3 is 19.3 Å². The molecule has 4 nitrogen and oxygen atoms in total. The first-order valence-corrected chi connectivity index (χ1v) is 3.91. The van der Waals surface area contributed by atoms with Gasteiger partial charge in [-0.25, -0.2) is 0 Å². The summed E-state index contributed by atoms with van der Waals surface area (Å²) in [5.74, 6) is -1.50. The first kappa shape index (κ1) is 12.6. The second-order valence-corrected chi connectivity index (χ2v) is 3.02. The highest BCUT2D eigenvalue weighted by atomic mass is 16.9. The molecule has 0 aliphatic heterocycles. The van der Waals surface area contributed by atoms with Crippen LogP contribution in [0.2, 0.25) is 0 Å². The first-order valence-electron chi connectivity index (χ1n) is 3.91. The third kappa shape index (κ3) is 1.91. The van der Waals surface area contributed by atoms with Crippen molar-refractivity contribution >= 4 is 0 Å². The zero-order chi connectivity index (χ0) is 10.7. The molecule has 1 unspecified atom stereocenters. The van der Waals surface area contributed by atoms with Crippen LogP contribution in [0.4, 0.5) is 0 Å². The minimum Gasteiger partial charge on any atom is -0.377 e. The molecular formula is C9H18O4. The molecule has 0 aromatic heterocycles. The van der Waals surface area contributed by atoms with Crippen molar-refractivity contribution < 1.29 is 19.3 Å². The van der Waals surface area contributed by atoms with Gasteiger partial charge >= 0.3 is 5.97 Å². The van der Waals surface area contributed by atoms with Gasteiger partial charge in [-0.15, -0.1) is 0 Å². The molecule has 0 bridgehead atoms. The largest absolute Gasteiger partial charge is 0.377 e. The molecule has 0 spiro atoms. The summed E-state index contributed by atoms with van der Waals surface area (Å²) in [5.41, 5.74) is -0.899. The van der Waals surface area contributed by atoms with Gasteiger partial charge in [0, 0.05) is 21.3 Å². The summed E-state index contributed by atoms with van der Waals surface area (Å²) in [4.78, 5) is 0. The molecule has 4 heteroatoms. The van der Waals surface area contributed by atoms with Crippen LogP contribution in [0.1, 0.15) is 13.8 Å². The molecule has 0 aromatic rings. The fraction of sp³-hybridized carbons (Fsp3) is 0.778. The van der Waals surface area contributed by atoms with Crippen LogP contribution in [0.25, 0.3) is 0 Å². The lowest BCUT2D eigenvalue weighted by molar-refractivity contribution is -0.407. The molecule has 13 heavy (non-hydrogen) atoms. The van der Waals surface area contributed by atoms with Crippen molar-refractivity contribution in [2.24, 2.45) is 0 Å². The summed E-state index contributed by atoms with van der Waals surface area (Å²) in [7, 11) is 4.18. The maximum Gasteiger partial charge on any atom is 0.316 e. The molecule has 0 heterocycles. The van der Waals surface area contributed by atoms with E-state index in [0.717, 1.165) is 0 Å². The highest BCUT2D eigenvalue weighted by molar-refractivity contribution is 5.11. The van der Waals surface area contributed by atoms with Crippen LogP contribution in [0, 0.1) is 0 Å². The topological polar surface area (TPSA) is 47.9 Å². The Morgan fingerprint density at radius 3 is 1.54 bits per heavy atom. The molecule has 0 amide bonds. The standard InChI is InChI=1S/C9H18O4/c1-7(2)8(3,10)9(11-4,12-5)13-6/h10H,1H2,2-6H3. The molecule has 78 valence electrons. The second kappa shape index (κ2) is 4.19. The Morgan fingerprint density at radius 1 is 1.15 bits per heavy atom. The minimum absolute atomic E-state index is 0.498. The quantitative estimate of drug-likeness (QED) is 0.517. The van der Waals surface area contributed by atoms with Gasteiger partial charge in [-0.3, -0.25) is 0 Å². The van der Waals surface area contributed by atoms with E-state index in [1.807, 2.05) is 0 Å². The van der Waals surface area contributed by atoms with Crippen LogP contribution in [0.5, 0.6) is 0 Å². The first-order chi connectivity index (χ1) is 5.88. The molecule has 0 aromatic carbocycles. The third-order valence-corrected chi connectivity index (χ3v) is 2.23. The molecule has 0 radical (unpaired) electrons. The molecule has 0 rings (SSSR count). The van der Waals surface area contributed by atoms with Crippen molar-refractivity contribution in [3.63, 3.8) is 0 Å². The summed E-state index contributed by atoms with van der Waals surface area (Å²) < 4.78 is 15.0. The maximum absolute atomic E-state index is 10.0. The lowest BCUT2D eigenvalue weighted by Gasteiger charge is -2.41. The number of rotatable bonds is 5. The molecule has 1 N–H and O–H groups in total. The smallest absolute Gasteiger partial charge is 0.316 e. The van der Waals surface area contributed by atoms with E-state index in [1.54, 1.807) is 6.92 Å². The fourth-order valence-corrected chi connectivity index (χ4v) is 1.11. The summed E-state index contributed by atoms with van der Waals surface area (Å²) in [5, 5.41) is 10.0. The zero-order valence-electron chi connectivity index (χ0n) is 8.88. The van der Waals surface area contributed by atoms with Gasteiger partial charge in [0.15, 0.2) is 5.60 Å². The normalized spacial score (nSPS) is 16.8. The van der Waals surface area contributed by atoms with Gasteiger partial charge in [-0.2, -0.15) is 0 Å². The second-order valence-electron chi connectivity index (χ2n) is 3.02. The molecular weight excluding hydrogens is 172 g/mol. The molecule has 0 saturated heterocycles. The fourth-order valence-electron chi connectivity index (χ4n) is 1.11. The van der Waals surface area contributed by atoms with Crippen LogP contribution >= 0.6 is 0 Å². The van der Waals surface area contributed by atoms with Crippen molar-refractivity contribution in [2.45, 2.75) is 25.4 Å². The Labute approximate surface area is 79.1 Å². The van der Waals surface area contributed by atoms with Crippen LogP contribution < -0.4 is 0 Å². The number of hydrogen-bond acceptors (Lipinski definition) is 4. The zero-order valence-corrected chi connectivity index (χ0v) is 8.88. The van der Waals surface area contributed by atoms with E-state index in [9.17, 15) is 5.11 Å². The van der Waals surface area contributed by atoms with Gasteiger partial charge in [0.25, 0.3) is 0 Å². The van der Waals surface area contributed by atoms with Crippen molar-refractivity contribution in [1.29, 1.82) is 0 Å². The number of hydrogen-bond donors (Lipinski definition) is 1. The van der Waals surface area contributed by atoms with Crippen LogP contribution in [-0.4, -0.2) is 38.0 Å². The van der Waals surface area contributed by atoms with E-state index in [2.05, 4.69) is 6.58 Å². The lowest BCUT2D eigenvalue weighted by Crippen LogP contribution is -2.57. The van der Waals surface area contributed by atoms with Crippen LogP contribution in [0.15, 0.2) is 12.2 Å². The predicted molar refractivity (Wildman–Crippen MR) is 49.2 cm³/mol. The molecule has 0 aliphatic carbocycles. The van der Waals surface area contributed by atoms with Crippen LogP contribution in [0.3, 0.4) is 0 Å². The highest BCUT2D eigenvalue weighted by Gasteiger charge is 2.50. The number of methoxy groups -OCH3 is 3. The third-order valence-electron chi connectivity index (χ3n) is 2.23. The minimum atomic E-state index is -1.50. The highest BCUT2D eigenvalue weighted by Crippen LogP contribution is 2.32. The lowest BCUT2D eigenvalue weighted by atomic mass is 9.95. The van der Waals surface area contributed by atoms with Gasteiger partial charge in [-0.1, -0.05) is 6.58 Å². The van der Waals surface area contributed by atoms with E-state index in [4.69, 9.17) is 14.2 Å². The Bertz CT molecular complexity index is 174. The summed E-state index contributed by atoms with van der Waals surface area (Å²) >= 11 is 0. The summed E-state index contributed by atoms with van der Waals surface area (Å²) in [6, 6.07) is 0. The Morgan fingerprint density at radius 2 is 1.46 bits per heavy atom. The van der Waals surface area contributed by atoms with E-state index < -0.39 is 11.6 Å². The van der Waals surface area contributed by atoms with E-state index in [1.165, 1.54) is 28.3 Å². The molecule has 1 atom stereocenters. The molecule has 0 aliphatic rings. The SMILES string of the molecule is C=C(C)C(C)(O)C(OC)(OC)OC. The Balaban J connectivity index is 5.02. The van der Waals surface area contributed by atoms with Crippen molar-refractivity contribution in [3.8, 4) is 0 Å². The summed E-state index contributed by atoms with van der Waals surface area (Å²) in [6.07, 6.45) is 0.